The predicted molar refractivity (Wildman–Crippen MR) is 90.7 cm³/mol. The van der Waals surface area contributed by atoms with Crippen LogP contribution in [0.5, 0.6) is 0 Å². The van der Waals surface area contributed by atoms with Gasteiger partial charge < -0.3 is 5.32 Å². The summed E-state index contributed by atoms with van der Waals surface area (Å²) in [6.45, 7) is 2.04. The van der Waals surface area contributed by atoms with Crippen molar-refractivity contribution >= 4 is 5.91 Å². The molecule has 1 N–H and O–H groups in total. The minimum absolute atomic E-state index is 0.0739. The van der Waals surface area contributed by atoms with Crippen LogP contribution in [-0.4, -0.2) is 22.2 Å². The zero-order chi connectivity index (χ0) is 16.9. The van der Waals surface area contributed by atoms with Gasteiger partial charge in [-0.25, -0.2) is 9.07 Å². The van der Waals surface area contributed by atoms with E-state index in [1.165, 1.54) is 6.07 Å². The number of hydrogen-bond acceptors (Lipinski definition) is 2. The highest BCUT2D eigenvalue weighted by atomic mass is 19.1. The molecule has 4 nitrogen and oxygen atoms in total. The van der Waals surface area contributed by atoms with Crippen molar-refractivity contribution in [2.75, 3.05) is 6.54 Å². The summed E-state index contributed by atoms with van der Waals surface area (Å²) in [5, 5.41) is 7.21. The molecule has 0 spiro atoms. The van der Waals surface area contributed by atoms with Crippen LogP contribution in [-0.2, 0) is 6.42 Å². The highest BCUT2D eigenvalue weighted by molar-refractivity contribution is 5.94. The van der Waals surface area contributed by atoms with E-state index >= 15 is 0 Å². The average Bonchev–Trinajstić information content (AvgIpc) is 3.07. The molecule has 0 saturated carbocycles. The van der Waals surface area contributed by atoms with E-state index in [4.69, 9.17) is 0 Å². The monoisotopic (exact) mass is 323 g/mol. The first-order chi connectivity index (χ1) is 11.6. The van der Waals surface area contributed by atoms with Crippen LogP contribution in [0.4, 0.5) is 4.39 Å². The number of aromatic nitrogens is 2. The Hall–Kier alpha value is -2.95. The molecule has 0 radical (unpaired) electrons. The Morgan fingerprint density at radius 1 is 1.12 bits per heavy atom. The Morgan fingerprint density at radius 3 is 2.71 bits per heavy atom. The molecule has 3 rings (SSSR count). The fourth-order valence-electron chi connectivity index (χ4n) is 2.44. The average molecular weight is 323 g/mol. The van der Waals surface area contributed by atoms with Crippen molar-refractivity contribution in [1.82, 2.24) is 15.1 Å². The summed E-state index contributed by atoms with van der Waals surface area (Å²) in [7, 11) is 0. The van der Waals surface area contributed by atoms with Crippen LogP contribution in [0.25, 0.3) is 5.69 Å². The lowest BCUT2D eigenvalue weighted by Gasteiger charge is -2.06. The Bertz CT molecular complexity index is 843. The van der Waals surface area contributed by atoms with Crippen LogP contribution in [0.3, 0.4) is 0 Å². The van der Waals surface area contributed by atoms with Gasteiger partial charge in [0.05, 0.1) is 16.9 Å². The third-order valence-corrected chi connectivity index (χ3v) is 3.77. The zero-order valence-electron chi connectivity index (χ0n) is 13.4. The SMILES string of the molecule is Cc1cccc(C(=O)NCCc2ccn(-c3ccccc3)n2)c1F. The van der Waals surface area contributed by atoms with Crippen LogP contribution in [0.1, 0.15) is 21.6 Å². The summed E-state index contributed by atoms with van der Waals surface area (Å²) < 4.78 is 15.7. The Morgan fingerprint density at radius 2 is 1.92 bits per heavy atom. The van der Waals surface area contributed by atoms with Crippen molar-refractivity contribution in [3.63, 3.8) is 0 Å². The number of benzene rings is 2. The minimum Gasteiger partial charge on any atom is -0.352 e. The molecule has 0 fully saturated rings. The summed E-state index contributed by atoms with van der Waals surface area (Å²) in [6.07, 6.45) is 2.46. The molecular formula is C19H18FN3O. The molecule has 122 valence electrons. The van der Waals surface area contributed by atoms with Gasteiger partial charge in [-0.05, 0) is 36.8 Å². The van der Waals surface area contributed by atoms with Crippen molar-refractivity contribution in [1.29, 1.82) is 0 Å². The predicted octanol–water partition coefficient (Wildman–Crippen LogP) is 3.29. The molecular weight excluding hydrogens is 305 g/mol. The van der Waals surface area contributed by atoms with Gasteiger partial charge in [0.15, 0.2) is 0 Å². The van der Waals surface area contributed by atoms with Crippen molar-refractivity contribution in [2.24, 2.45) is 0 Å². The number of rotatable bonds is 5. The molecule has 1 aromatic heterocycles. The van der Waals surface area contributed by atoms with Gasteiger partial charge in [0.1, 0.15) is 5.82 Å². The van der Waals surface area contributed by atoms with E-state index in [0.29, 0.717) is 18.5 Å². The number of amides is 1. The molecule has 24 heavy (non-hydrogen) atoms. The molecule has 1 amide bonds. The maximum absolute atomic E-state index is 13.9. The molecule has 0 atom stereocenters. The number of carbonyl (C=O) groups is 1. The van der Waals surface area contributed by atoms with Crippen LogP contribution < -0.4 is 5.32 Å². The zero-order valence-corrected chi connectivity index (χ0v) is 13.4. The molecule has 0 saturated heterocycles. The number of carbonyl (C=O) groups excluding carboxylic acids is 1. The number of hydrogen-bond donors (Lipinski definition) is 1. The number of nitrogens with one attached hydrogen (secondary N) is 1. The van der Waals surface area contributed by atoms with Crippen molar-refractivity contribution in [3.05, 3.63) is 83.4 Å². The smallest absolute Gasteiger partial charge is 0.254 e. The minimum atomic E-state index is -0.469. The van der Waals surface area contributed by atoms with Gasteiger partial charge in [0.25, 0.3) is 5.91 Å². The van der Waals surface area contributed by atoms with E-state index in [0.717, 1.165) is 11.4 Å². The van der Waals surface area contributed by atoms with E-state index in [-0.39, 0.29) is 5.56 Å². The standard InChI is InChI=1S/C19H18FN3O/c1-14-6-5-9-17(18(14)20)19(24)21-12-10-15-11-13-23(22-15)16-7-3-2-4-8-16/h2-9,11,13H,10,12H2,1H3,(H,21,24). The summed E-state index contributed by atoms with van der Waals surface area (Å²) in [5.74, 6) is -0.873. The lowest BCUT2D eigenvalue weighted by Crippen LogP contribution is -2.26. The third-order valence-electron chi connectivity index (χ3n) is 3.77. The quantitative estimate of drug-likeness (QED) is 0.783. The molecule has 0 aliphatic heterocycles. The number of nitrogens with zero attached hydrogens (tertiary/aromatic N) is 2. The second kappa shape index (κ2) is 7.08. The van der Waals surface area contributed by atoms with Gasteiger partial charge in [-0.15, -0.1) is 0 Å². The van der Waals surface area contributed by atoms with Crippen LogP contribution in [0.15, 0.2) is 60.8 Å². The molecule has 1 heterocycles. The van der Waals surface area contributed by atoms with Crippen molar-refractivity contribution < 1.29 is 9.18 Å². The van der Waals surface area contributed by atoms with E-state index < -0.39 is 11.7 Å². The van der Waals surface area contributed by atoms with Gasteiger partial charge in [0.2, 0.25) is 0 Å². The lowest BCUT2D eigenvalue weighted by atomic mass is 10.1. The van der Waals surface area contributed by atoms with Crippen LogP contribution >= 0.6 is 0 Å². The summed E-state index contributed by atoms with van der Waals surface area (Å²) in [5.41, 5.74) is 2.38. The fraction of sp³-hybridized carbons (Fsp3) is 0.158. The number of aryl methyl sites for hydroxylation is 1. The molecule has 0 aliphatic rings. The summed E-state index contributed by atoms with van der Waals surface area (Å²) in [6, 6.07) is 16.5. The Labute approximate surface area is 139 Å². The molecule has 0 aliphatic carbocycles. The largest absolute Gasteiger partial charge is 0.352 e. The molecule has 2 aromatic carbocycles. The van der Waals surface area contributed by atoms with Crippen LogP contribution in [0.2, 0.25) is 0 Å². The van der Waals surface area contributed by atoms with E-state index in [1.807, 2.05) is 42.6 Å². The topological polar surface area (TPSA) is 46.9 Å². The first kappa shape index (κ1) is 15.9. The Balaban J connectivity index is 1.58. The van der Waals surface area contributed by atoms with Gasteiger partial charge in [-0.2, -0.15) is 5.10 Å². The third kappa shape index (κ3) is 3.51. The molecule has 0 unspecified atom stereocenters. The van der Waals surface area contributed by atoms with E-state index in [9.17, 15) is 9.18 Å². The fourth-order valence-corrected chi connectivity index (χ4v) is 2.44. The highest BCUT2D eigenvalue weighted by Gasteiger charge is 2.12. The van der Waals surface area contributed by atoms with Crippen LogP contribution in [0, 0.1) is 12.7 Å². The summed E-state index contributed by atoms with van der Waals surface area (Å²) >= 11 is 0. The first-order valence-corrected chi connectivity index (χ1v) is 7.78. The maximum Gasteiger partial charge on any atom is 0.254 e. The normalized spacial score (nSPS) is 10.6. The van der Waals surface area contributed by atoms with Crippen molar-refractivity contribution in [3.8, 4) is 5.69 Å². The maximum atomic E-state index is 13.9. The van der Waals surface area contributed by atoms with Gasteiger partial charge in [-0.1, -0.05) is 30.3 Å². The number of para-hydroxylation sites is 1. The summed E-state index contributed by atoms with van der Waals surface area (Å²) in [4.78, 5) is 12.1. The highest BCUT2D eigenvalue weighted by Crippen LogP contribution is 2.12. The van der Waals surface area contributed by atoms with E-state index in [1.54, 1.807) is 23.7 Å². The second-order valence-electron chi connectivity index (χ2n) is 5.53. The van der Waals surface area contributed by atoms with Gasteiger partial charge in [0, 0.05) is 19.2 Å². The lowest BCUT2D eigenvalue weighted by molar-refractivity contribution is 0.0950. The van der Waals surface area contributed by atoms with Crippen molar-refractivity contribution in [2.45, 2.75) is 13.3 Å². The van der Waals surface area contributed by atoms with Gasteiger partial charge >= 0.3 is 0 Å². The second-order valence-corrected chi connectivity index (χ2v) is 5.53. The molecule has 0 bridgehead atoms. The molecule has 3 aromatic rings. The van der Waals surface area contributed by atoms with E-state index in [2.05, 4.69) is 10.4 Å². The Kier molecular flexibility index (Phi) is 4.70. The first-order valence-electron chi connectivity index (χ1n) is 7.78. The molecule has 5 heteroatoms. The number of halogens is 1. The van der Waals surface area contributed by atoms with Gasteiger partial charge in [-0.3, -0.25) is 4.79 Å².